The molecule has 0 amide bonds. The van der Waals surface area contributed by atoms with Crippen LogP contribution in [0.1, 0.15) is 129 Å². The molecule has 4 saturated carbocycles. The fourth-order valence-corrected chi connectivity index (χ4v) is 12.7. The molecule has 7 aliphatic rings. The normalized spacial score (nSPS) is 30.5. The second kappa shape index (κ2) is 10.3. The van der Waals surface area contributed by atoms with Crippen LogP contribution in [0.5, 0.6) is 0 Å². The maximum Gasteiger partial charge on any atom is 0.0648 e. The number of hydrogen-bond acceptors (Lipinski definition) is 1. The van der Waals surface area contributed by atoms with Crippen molar-refractivity contribution in [2.45, 2.75) is 108 Å². The lowest BCUT2D eigenvalue weighted by molar-refractivity contribution is -0.0399. The van der Waals surface area contributed by atoms with Crippen molar-refractivity contribution < 1.29 is 9.60 Å². The van der Waals surface area contributed by atoms with Gasteiger partial charge in [-0.25, -0.2) is 0 Å². The average Bonchev–Trinajstić information content (AvgIpc) is 3.63. The van der Waals surface area contributed by atoms with Gasteiger partial charge < -0.3 is 4.90 Å². The van der Waals surface area contributed by atoms with Crippen LogP contribution in [0.4, 0.5) is 17.1 Å². The Kier molecular flexibility index (Phi) is 4.96. The van der Waals surface area contributed by atoms with Gasteiger partial charge in [0.1, 0.15) is 0 Å². The molecule has 52 heavy (non-hydrogen) atoms. The zero-order chi connectivity index (χ0) is 41.5. The van der Waals surface area contributed by atoms with Crippen molar-refractivity contribution in [3.63, 3.8) is 0 Å². The van der Waals surface area contributed by atoms with E-state index in [0.717, 1.165) is 36.1 Å². The first-order chi connectivity index (χ1) is 27.9. The average molecular weight is 687 g/mol. The van der Waals surface area contributed by atoms with Crippen molar-refractivity contribution in [3.8, 4) is 22.3 Å². The van der Waals surface area contributed by atoms with Crippen LogP contribution in [0.25, 0.3) is 22.3 Å². The van der Waals surface area contributed by atoms with Crippen molar-refractivity contribution >= 4 is 17.1 Å². The van der Waals surface area contributed by atoms with Gasteiger partial charge in [-0.2, -0.15) is 0 Å². The minimum Gasteiger partial charge on any atom is -0.310 e. The summed E-state index contributed by atoms with van der Waals surface area (Å²) in [4.78, 5) is 2.09. The molecule has 0 unspecified atom stereocenters. The number of anilines is 3. The lowest BCUT2D eigenvalue weighted by Crippen LogP contribution is -2.55. The third-order valence-corrected chi connectivity index (χ3v) is 15.1. The number of fused-ring (bicyclic) bond motifs is 7. The highest BCUT2D eigenvalue weighted by atomic mass is 15.1. The monoisotopic (exact) mass is 686 g/mol. The highest BCUT2D eigenvalue weighted by Gasteiger charge is 2.61. The van der Waals surface area contributed by atoms with Crippen molar-refractivity contribution in [1.29, 1.82) is 0 Å². The second-order valence-electron chi connectivity index (χ2n) is 19.1. The van der Waals surface area contributed by atoms with E-state index < -0.39 is 5.41 Å². The predicted octanol–water partition coefficient (Wildman–Crippen LogP) is 13.5. The van der Waals surface area contributed by atoms with E-state index in [4.69, 9.17) is 5.48 Å². The lowest BCUT2D eigenvalue weighted by Gasteiger charge is -2.61. The molecule has 0 aromatic heterocycles. The Balaban J connectivity index is 1.20. The van der Waals surface area contributed by atoms with Crippen LogP contribution in [0.3, 0.4) is 0 Å². The fraction of sp³-hybridized carbons (Fsp3) is 0.412. The van der Waals surface area contributed by atoms with Crippen molar-refractivity contribution in [2.75, 3.05) is 4.90 Å². The Labute approximate surface area is 321 Å². The molecule has 5 aromatic carbocycles. The number of nitrogens with zero attached hydrogens (tertiary/aromatic N) is 1. The Morgan fingerprint density at radius 3 is 1.88 bits per heavy atom. The molecule has 262 valence electrons. The maximum atomic E-state index is 10.2. The van der Waals surface area contributed by atoms with Gasteiger partial charge in [0, 0.05) is 27.9 Å². The smallest absolute Gasteiger partial charge is 0.0648 e. The number of rotatable bonds is 3. The zero-order valence-electron chi connectivity index (χ0n) is 38.5. The second-order valence-corrected chi connectivity index (χ2v) is 19.1. The third kappa shape index (κ3) is 4.01. The van der Waals surface area contributed by atoms with Gasteiger partial charge in [-0.05, 0) is 171 Å². The van der Waals surface area contributed by atoms with Crippen LogP contribution in [0, 0.1) is 23.7 Å². The number of hydrogen-bond donors (Lipinski definition) is 0. The zero-order valence-corrected chi connectivity index (χ0v) is 31.5. The summed E-state index contributed by atoms with van der Waals surface area (Å²) < 4.78 is 65.0. The molecular formula is C51H53N. The Hall–Kier alpha value is -4.10. The lowest BCUT2D eigenvalue weighted by atomic mass is 9.43. The standard InChI is InChI=1S/C51H53N/c1-48(2)21-22-49(3,4)47-30-37(17-20-44(47)48)52(35-15-18-40-38-11-7-9-13-42(38)50(5,6)45(40)28-35)36-16-19-41-39-12-8-10-14-43(39)51(46(41)29-36)33-24-31-23-32(26-33)27-34(51)25-31/h7-20,28-34H,21-27H2,1-6H3/i7D,9D,11D,13D,15D,18D,28D. The van der Waals surface area contributed by atoms with Crippen LogP contribution in [0.2, 0.25) is 0 Å². The van der Waals surface area contributed by atoms with Gasteiger partial charge in [0.05, 0.1) is 9.60 Å². The van der Waals surface area contributed by atoms with Crippen LogP contribution >= 0.6 is 0 Å². The van der Waals surface area contributed by atoms with Crippen LogP contribution < -0.4 is 4.90 Å². The number of benzene rings is 5. The molecule has 0 radical (unpaired) electrons. The van der Waals surface area contributed by atoms with Crippen molar-refractivity contribution in [3.05, 3.63) is 136 Å². The molecule has 12 rings (SSSR count). The third-order valence-electron chi connectivity index (χ3n) is 15.1. The first kappa shape index (κ1) is 25.0. The van der Waals surface area contributed by atoms with Crippen molar-refractivity contribution in [2.24, 2.45) is 23.7 Å². The molecule has 0 saturated heterocycles. The van der Waals surface area contributed by atoms with E-state index in [1.54, 1.807) is 0 Å². The molecule has 1 heteroatoms. The summed E-state index contributed by atoms with van der Waals surface area (Å²) in [5.41, 5.74) is 10.3. The molecule has 0 atom stereocenters. The van der Waals surface area contributed by atoms with E-state index in [2.05, 4.69) is 93.3 Å². The summed E-state index contributed by atoms with van der Waals surface area (Å²) in [6, 6.07) is 21.4. The van der Waals surface area contributed by atoms with Crippen LogP contribution in [-0.2, 0) is 21.7 Å². The largest absolute Gasteiger partial charge is 0.310 e. The summed E-state index contributed by atoms with van der Waals surface area (Å²) in [5.74, 6) is 2.74. The molecule has 4 fully saturated rings. The first-order valence-electron chi connectivity index (χ1n) is 23.3. The summed E-state index contributed by atoms with van der Waals surface area (Å²) in [6.45, 7) is 13.1. The maximum absolute atomic E-state index is 10.2. The predicted molar refractivity (Wildman–Crippen MR) is 217 cm³/mol. The topological polar surface area (TPSA) is 3.24 Å². The molecule has 1 spiro atoms. The molecule has 5 aromatic rings. The molecule has 0 N–H and O–H groups in total. The van der Waals surface area contributed by atoms with E-state index in [1.807, 2.05) is 13.8 Å². The Morgan fingerprint density at radius 2 is 1.13 bits per heavy atom. The molecule has 0 heterocycles. The van der Waals surface area contributed by atoms with Gasteiger partial charge >= 0.3 is 0 Å². The van der Waals surface area contributed by atoms with Crippen LogP contribution in [-0.4, -0.2) is 0 Å². The van der Waals surface area contributed by atoms with E-state index in [1.165, 1.54) is 65.5 Å². The van der Waals surface area contributed by atoms with Gasteiger partial charge in [-0.15, -0.1) is 0 Å². The van der Waals surface area contributed by atoms with Crippen LogP contribution in [0.15, 0.2) is 103 Å². The first-order valence-corrected chi connectivity index (χ1v) is 19.8. The van der Waals surface area contributed by atoms with E-state index >= 15 is 0 Å². The summed E-state index contributed by atoms with van der Waals surface area (Å²) in [5, 5.41) is 0. The van der Waals surface area contributed by atoms with Gasteiger partial charge in [0.25, 0.3) is 0 Å². The Morgan fingerprint density at radius 1 is 0.519 bits per heavy atom. The Bertz CT molecular complexity index is 2680. The van der Waals surface area contributed by atoms with Gasteiger partial charge in [-0.3, -0.25) is 0 Å². The molecule has 1 nitrogen and oxygen atoms in total. The van der Waals surface area contributed by atoms with Gasteiger partial charge in [-0.1, -0.05) is 108 Å². The van der Waals surface area contributed by atoms with E-state index in [0.29, 0.717) is 28.7 Å². The summed E-state index contributed by atoms with van der Waals surface area (Å²) in [6.07, 6.45) is 8.54. The van der Waals surface area contributed by atoms with Gasteiger partial charge in [0.15, 0.2) is 0 Å². The van der Waals surface area contributed by atoms with Crippen molar-refractivity contribution in [1.82, 2.24) is 0 Å². The minimum atomic E-state index is -1.02. The molecule has 0 aliphatic heterocycles. The minimum absolute atomic E-state index is 0.00632. The quantitative estimate of drug-likeness (QED) is 0.183. The molecular weight excluding hydrogens is 627 g/mol. The summed E-state index contributed by atoms with van der Waals surface area (Å²) in [7, 11) is 0. The fourth-order valence-electron chi connectivity index (χ4n) is 12.7. The van der Waals surface area contributed by atoms with E-state index in [9.17, 15) is 4.11 Å². The van der Waals surface area contributed by atoms with Gasteiger partial charge in [0.2, 0.25) is 0 Å². The molecule has 4 bridgehead atoms. The SMILES string of the molecule is [2H]c1c([2H])c([2H])c2c(c1[2H])-c1c([2H])c([2H])c(N(c3ccc4c(c3)C(C)(C)CCC4(C)C)c3ccc4c(c3)C3(c5ccccc5-4)C4CC5CC(C4)CC3C5)c([2H])c1C2(C)C. The summed E-state index contributed by atoms with van der Waals surface area (Å²) >= 11 is 0. The highest BCUT2D eigenvalue weighted by molar-refractivity contribution is 5.89. The molecule has 7 aliphatic carbocycles. The van der Waals surface area contributed by atoms with E-state index in [-0.39, 0.29) is 69.7 Å². The highest BCUT2D eigenvalue weighted by Crippen LogP contribution is 2.69.